The highest BCUT2D eigenvalue weighted by Gasteiger charge is 2.37. The van der Waals surface area contributed by atoms with Gasteiger partial charge in [-0.15, -0.1) is 5.10 Å². The minimum absolute atomic E-state index is 0.0536. The van der Waals surface area contributed by atoms with Crippen LogP contribution in [0.2, 0.25) is 0 Å². The SMILES string of the molecule is CC(NC(=O)c1cc(C(F)(F)F)cc(C(F)(F)F)c1)c1nc(N2CCOCC2)nn1-c1ccc(C#N)cn1. The Morgan fingerprint density at radius 1 is 1.08 bits per heavy atom. The molecule has 4 rings (SSSR count). The van der Waals surface area contributed by atoms with Crippen LogP contribution in [0, 0.1) is 11.3 Å². The number of halogens is 6. The van der Waals surface area contributed by atoms with Gasteiger partial charge in [-0.25, -0.2) is 4.98 Å². The zero-order valence-corrected chi connectivity index (χ0v) is 19.6. The average molecular weight is 539 g/mol. The van der Waals surface area contributed by atoms with E-state index in [1.807, 2.05) is 11.0 Å². The lowest BCUT2D eigenvalue weighted by Gasteiger charge is -2.25. The molecular weight excluding hydrogens is 520 g/mol. The first kappa shape index (κ1) is 26.9. The molecule has 9 nitrogen and oxygen atoms in total. The molecule has 1 N–H and O–H groups in total. The molecule has 0 aliphatic carbocycles. The third kappa shape index (κ3) is 5.86. The van der Waals surface area contributed by atoms with Crippen LogP contribution in [0.4, 0.5) is 32.3 Å². The van der Waals surface area contributed by atoms with E-state index in [-0.39, 0.29) is 29.2 Å². The molecule has 0 bridgehead atoms. The van der Waals surface area contributed by atoms with Crippen molar-refractivity contribution in [2.75, 3.05) is 31.2 Å². The Hall–Kier alpha value is -4.19. The molecule has 1 unspecified atom stereocenters. The van der Waals surface area contributed by atoms with Crippen LogP contribution in [0.5, 0.6) is 0 Å². The number of hydrogen-bond acceptors (Lipinski definition) is 7. The van der Waals surface area contributed by atoms with Gasteiger partial charge in [0, 0.05) is 24.8 Å². The van der Waals surface area contributed by atoms with Crippen LogP contribution in [-0.4, -0.2) is 52.0 Å². The van der Waals surface area contributed by atoms with Gasteiger partial charge in [0.25, 0.3) is 5.91 Å². The maximum absolute atomic E-state index is 13.2. The number of rotatable bonds is 5. The fraction of sp³-hybridized carbons (Fsp3) is 0.348. The highest BCUT2D eigenvalue weighted by atomic mass is 19.4. The standard InChI is InChI=1S/C23H19F6N7O2/c1-13(32-20(37)15-8-16(22(24,25)26)10-17(9-15)23(27,28)29)19-33-21(35-4-6-38-7-5-35)34-36(19)18-3-2-14(11-30)12-31-18/h2-3,8-10,12-13H,4-7H2,1H3,(H,32,37). The first-order valence-corrected chi connectivity index (χ1v) is 11.1. The van der Waals surface area contributed by atoms with Gasteiger partial charge in [0.2, 0.25) is 5.95 Å². The van der Waals surface area contributed by atoms with Gasteiger partial charge in [-0.3, -0.25) is 4.79 Å². The molecule has 0 spiro atoms. The Morgan fingerprint density at radius 2 is 1.71 bits per heavy atom. The summed E-state index contributed by atoms with van der Waals surface area (Å²) < 4.78 is 86.0. The zero-order valence-electron chi connectivity index (χ0n) is 19.6. The summed E-state index contributed by atoms with van der Waals surface area (Å²) in [6.45, 7) is 3.22. The van der Waals surface area contributed by atoms with Gasteiger partial charge in [0.15, 0.2) is 11.6 Å². The van der Waals surface area contributed by atoms with E-state index in [4.69, 9.17) is 10.00 Å². The van der Waals surface area contributed by atoms with E-state index < -0.39 is 41.0 Å². The maximum atomic E-state index is 13.2. The van der Waals surface area contributed by atoms with Crippen molar-refractivity contribution in [2.24, 2.45) is 0 Å². The molecule has 1 aromatic carbocycles. The fourth-order valence-electron chi connectivity index (χ4n) is 3.67. The summed E-state index contributed by atoms with van der Waals surface area (Å²) >= 11 is 0. The van der Waals surface area contributed by atoms with E-state index >= 15 is 0 Å². The van der Waals surface area contributed by atoms with Gasteiger partial charge < -0.3 is 15.0 Å². The van der Waals surface area contributed by atoms with E-state index in [0.717, 1.165) is 0 Å². The van der Waals surface area contributed by atoms with E-state index in [1.54, 1.807) is 0 Å². The molecule has 15 heteroatoms. The van der Waals surface area contributed by atoms with Gasteiger partial charge >= 0.3 is 12.4 Å². The highest BCUT2D eigenvalue weighted by molar-refractivity contribution is 5.94. The fourth-order valence-corrected chi connectivity index (χ4v) is 3.67. The summed E-state index contributed by atoms with van der Waals surface area (Å²) in [5.41, 5.74) is -3.76. The van der Waals surface area contributed by atoms with Crippen LogP contribution in [-0.2, 0) is 17.1 Å². The Labute approximate surface area is 211 Å². The van der Waals surface area contributed by atoms with Gasteiger partial charge in [0.05, 0.1) is 35.9 Å². The summed E-state index contributed by atoms with van der Waals surface area (Å²) in [5, 5.41) is 15.9. The second kappa shape index (κ2) is 10.3. The van der Waals surface area contributed by atoms with Gasteiger partial charge in [-0.1, -0.05) is 0 Å². The molecule has 1 fully saturated rings. The third-order valence-electron chi connectivity index (χ3n) is 5.59. The molecule has 0 saturated carbocycles. The Kier molecular flexibility index (Phi) is 7.27. The zero-order chi connectivity index (χ0) is 27.7. The van der Waals surface area contributed by atoms with Crippen molar-refractivity contribution in [3.8, 4) is 11.9 Å². The Bertz CT molecular complexity index is 1320. The molecule has 200 valence electrons. The predicted octanol–water partition coefficient (Wildman–Crippen LogP) is 3.90. The lowest BCUT2D eigenvalue weighted by Crippen LogP contribution is -2.37. The minimum Gasteiger partial charge on any atom is -0.378 e. The quantitative estimate of drug-likeness (QED) is 0.490. The van der Waals surface area contributed by atoms with Crippen molar-refractivity contribution < 1.29 is 35.9 Å². The molecule has 1 aliphatic heterocycles. The van der Waals surface area contributed by atoms with E-state index in [1.165, 1.54) is 29.9 Å². The number of nitrogens with one attached hydrogen (secondary N) is 1. The van der Waals surface area contributed by atoms with E-state index in [9.17, 15) is 31.1 Å². The smallest absolute Gasteiger partial charge is 0.378 e. The normalized spacial score (nSPS) is 15.2. The molecule has 1 saturated heterocycles. The molecule has 3 aromatic rings. The largest absolute Gasteiger partial charge is 0.416 e. The summed E-state index contributed by atoms with van der Waals surface area (Å²) in [6, 6.07) is 4.51. The monoisotopic (exact) mass is 539 g/mol. The lowest BCUT2D eigenvalue weighted by molar-refractivity contribution is -0.143. The highest BCUT2D eigenvalue weighted by Crippen LogP contribution is 2.36. The number of hydrogen-bond donors (Lipinski definition) is 1. The number of aromatic nitrogens is 4. The number of carbonyl (C=O) groups is 1. The number of carbonyl (C=O) groups excluding carboxylic acids is 1. The van der Waals surface area contributed by atoms with Crippen molar-refractivity contribution in [1.29, 1.82) is 5.26 Å². The molecule has 3 heterocycles. The number of nitrogens with zero attached hydrogens (tertiary/aromatic N) is 6. The molecule has 1 atom stereocenters. The van der Waals surface area contributed by atoms with Gasteiger partial charge in [0.1, 0.15) is 6.07 Å². The number of pyridine rings is 1. The number of ether oxygens (including phenoxy) is 1. The number of alkyl halides is 6. The summed E-state index contributed by atoms with van der Waals surface area (Å²) in [5.74, 6) is -0.580. The van der Waals surface area contributed by atoms with Crippen LogP contribution < -0.4 is 10.2 Å². The van der Waals surface area contributed by atoms with Crippen LogP contribution in [0.1, 0.15) is 45.8 Å². The van der Waals surface area contributed by atoms with Crippen LogP contribution in [0.3, 0.4) is 0 Å². The van der Waals surface area contributed by atoms with Crippen LogP contribution in [0.25, 0.3) is 5.82 Å². The molecule has 2 aromatic heterocycles. The van der Waals surface area contributed by atoms with Crippen molar-refractivity contribution in [1.82, 2.24) is 25.1 Å². The molecule has 38 heavy (non-hydrogen) atoms. The third-order valence-corrected chi connectivity index (χ3v) is 5.59. The lowest BCUT2D eigenvalue weighted by atomic mass is 10.0. The summed E-state index contributed by atoms with van der Waals surface area (Å²) in [6.07, 6.45) is -8.91. The molecule has 1 aliphatic rings. The van der Waals surface area contributed by atoms with Crippen molar-refractivity contribution in [2.45, 2.75) is 25.3 Å². The van der Waals surface area contributed by atoms with Crippen molar-refractivity contribution in [3.63, 3.8) is 0 Å². The number of anilines is 1. The maximum Gasteiger partial charge on any atom is 0.416 e. The average Bonchev–Trinajstić information content (AvgIpc) is 3.34. The van der Waals surface area contributed by atoms with Gasteiger partial charge in [-0.2, -0.15) is 41.3 Å². The summed E-state index contributed by atoms with van der Waals surface area (Å²) in [7, 11) is 0. The topological polar surface area (TPSA) is 109 Å². The Morgan fingerprint density at radius 3 is 2.24 bits per heavy atom. The second-order valence-electron chi connectivity index (χ2n) is 8.29. The number of benzene rings is 1. The predicted molar refractivity (Wildman–Crippen MR) is 119 cm³/mol. The number of morpholine rings is 1. The minimum atomic E-state index is -5.10. The first-order chi connectivity index (χ1) is 17.9. The molecule has 1 amide bonds. The number of amides is 1. The second-order valence-corrected chi connectivity index (χ2v) is 8.29. The van der Waals surface area contributed by atoms with Crippen molar-refractivity contribution >= 4 is 11.9 Å². The van der Waals surface area contributed by atoms with Crippen molar-refractivity contribution in [3.05, 3.63) is 64.6 Å². The molecular formula is C23H19F6N7O2. The number of nitriles is 1. The summed E-state index contributed by atoms with van der Waals surface area (Å²) in [4.78, 5) is 23.3. The van der Waals surface area contributed by atoms with Crippen LogP contribution >= 0.6 is 0 Å². The Balaban J connectivity index is 1.69. The molecule has 0 radical (unpaired) electrons. The van der Waals surface area contributed by atoms with Crippen LogP contribution in [0.15, 0.2) is 36.5 Å². The van der Waals surface area contributed by atoms with Gasteiger partial charge in [-0.05, 0) is 37.3 Å². The van der Waals surface area contributed by atoms with E-state index in [2.05, 4.69) is 20.4 Å². The first-order valence-electron chi connectivity index (χ1n) is 11.1. The van der Waals surface area contributed by atoms with E-state index in [0.29, 0.717) is 38.4 Å².